The number of benzene rings is 1. The minimum absolute atomic E-state index is 0.121. The lowest BCUT2D eigenvalue weighted by Crippen LogP contribution is -1.98. The van der Waals surface area contributed by atoms with E-state index in [1.165, 1.54) is 7.11 Å². The van der Waals surface area contributed by atoms with Gasteiger partial charge in [0, 0.05) is 12.1 Å². The zero-order valence-electron chi connectivity index (χ0n) is 8.31. The highest BCUT2D eigenvalue weighted by Gasteiger charge is 2.01. The molecule has 0 saturated carbocycles. The summed E-state index contributed by atoms with van der Waals surface area (Å²) < 4.78 is 4.40. The van der Waals surface area contributed by atoms with Crippen molar-refractivity contribution in [2.45, 2.75) is 12.8 Å². The van der Waals surface area contributed by atoms with E-state index in [0.29, 0.717) is 0 Å². The second kappa shape index (κ2) is 5.17. The summed E-state index contributed by atoms with van der Waals surface area (Å²) in [4.78, 5) is 14.4. The van der Waals surface area contributed by atoms with Gasteiger partial charge in [0.2, 0.25) is 0 Å². The molecule has 3 nitrogen and oxygen atoms in total. The Bertz CT molecular complexity index is 319. The van der Waals surface area contributed by atoms with Crippen LogP contribution in [0.4, 0.5) is 4.79 Å². The summed E-state index contributed by atoms with van der Waals surface area (Å²) in [5.74, 6) is 0.121. The van der Waals surface area contributed by atoms with Crippen LogP contribution < -0.4 is 0 Å². The Morgan fingerprint density at radius 3 is 2.64 bits per heavy atom. The standard InChI is InChI=1S/C11H13NO2/c1-9(8-12-11(13)14-2)10-6-4-3-5-7-10/h3-9H,1-2H3. The molecule has 1 rings (SSSR count). The zero-order valence-corrected chi connectivity index (χ0v) is 8.31. The van der Waals surface area contributed by atoms with Gasteiger partial charge in [0.25, 0.3) is 0 Å². The van der Waals surface area contributed by atoms with Crippen LogP contribution in [0.2, 0.25) is 0 Å². The van der Waals surface area contributed by atoms with E-state index in [9.17, 15) is 4.79 Å². The van der Waals surface area contributed by atoms with Gasteiger partial charge < -0.3 is 4.74 Å². The van der Waals surface area contributed by atoms with E-state index in [1.54, 1.807) is 6.21 Å². The number of hydrogen-bond donors (Lipinski definition) is 0. The molecule has 0 aromatic heterocycles. The van der Waals surface area contributed by atoms with Crippen molar-refractivity contribution in [3.8, 4) is 0 Å². The monoisotopic (exact) mass is 191 g/mol. The first-order valence-corrected chi connectivity index (χ1v) is 4.41. The van der Waals surface area contributed by atoms with Gasteiger partial charge in [-0.05, 0) is 5.56 Å². The summed E-state index contributed by atoms with van der Waals surface area (Å²) in [5.41, 5.74) is 1.13. The van der Waals surface area contributed by atoms with E-state index in [4.69, 9.17) is 0 Å². The van der Waals surface area contributed by atoms with Gasteiger partial charge in [0.1, 0.15) is 0 Å². The Morgan fingerprint density at radius 1 is 1.43 bits per heavy atom. The molecule has 1 aromatic carbocycles. The maximum atomic E-state index is 10.7. The average molecular weight is 191 g/mol. The SMILES string of the molecule is COC(=O)N=CC(C)c1ccccc1. The highest BCUT2D eigenvalue weighted by Crippen LogP contribution is 2.11. The molecule has 0 saturated heterocycles. The predicted octanol–water partition coefficient (Wildman–Crippen LogP) is 2.63. The maximum Gasteiger partial charge on any atom is 0.432 e. The number of methoxy groups -OCH3 is 1. The second-order valence-electron chi connectivity index (χ2n) is 2.95. The molecule has 0 heterocycles. The van der Waals surface area contributed by atoms with E-state index in [1.807, 2.05) is 37.3 Å². The summed E-state index contributed by atoms with van der Waals surface area (Å²) in [5, 5.41) is 0. The van der Waals surface area contributed by atoms with Gasteiger partial charge >= 0.3 is 6.09 Å². The lowest BCUT2D eigenvalue weighted by atomic mass is 10.0. The van der Waals surface area contributed by atoms with Crippen LogP contribution in [0.5, 0.6) is 0 Å². The van der Waals surface area contributed by atoms with Crippen LogP contribution >= 0.6 is 0 Å². The largest absolute Gasteiger partial charge is 0.451 e. The quantitative estimate of drug-likeness (QED) is 0.674. The Hall–Kier alpha value is -1.64. The summed E-state index contributed by atoms with van der Waals surface area (Å²) in [6.07, 6.45) is 1.02. The molecular formula is C11H13NO2. The van der Waals surface area contributed by atoms with Crippen LogP contribution in [-0.4, -0.2) is 19.4 Å². The highest BCUT2D eigenvalue weighted by atomic mass is 16.5. The molecule has 74 valence electrons. The number of aliphatic imine (C=N–C) groups is 1. The molecule has 1 aromatic rings. The third kappa shape index (κ3) is 3.01. The minimum atomic E-state index is -0.562. The number of carbonyl (C=O) groups excluding carboxylic acids is 1. The first-order valence-electron chi connectivity index (χ1n) is 4.41. The van der Waals surface area contributed by atoms with Gasteiger partial charge in [-0.25, -0.2) is 4.79 Å². The first kappa shape index (κ1) is 10.4. The van der Waals surface area contributed by atoms with Gasteiger partial charge in [-0.2, -0.15) is 4.99 Å². The summed E-state index contributed by atoms with van der Waals surface area (Å²) in [6.45, 7) is 1.97. The minimum Gasteiger partial charge on any atom is -0.451 e. The van der Waals surface area contributed by atoms with Crippen molar-refractivity contribution in [3.05, 3.63) is 35.9 Å². The Morgan fingerprint density at radius 2 is 2.07 bits per heavy atom. The molecule has 3 heteroatoms. The van der Waals surface area contributed by atoms with Crippen molar-refractivity contribution >= 4 is 12.3 Å². The molecule has 0 aliphatic rings. The molecule has 0 aliphatic carbocycles. The Balaban J connectivity index is 2.63. The lowest BCUT2D eigenvalue weighted by Gasteiger charge is -2.04. The fourth-order valence-electron chi connectivity index (χ4n) is 1.07. The van der Waals surface area contributed by atoms with E-state index >= 15 is 0 Å². The molecule has 1 atom stereocenters. The van der Waals surface area contributed by atoms with Crippen molar-refractivity contribution < 1.29 is 9.53 Å². The fraction of sp³-hybridized carbons (Fsp3) is 0.273. The first-order chi connectivity index (χ1) is 6.74. The van der Waals surface area contributed by atoms with Gasteiger partial charge in [0.05, 0.1) is 7.11 Å². The second-order valence-corrected chi connectivity index (χ2v) is 2.95. The fourth-order valence-corrected chi connectivity index (χ4v) is 1.07. The Labute approximate surface area is 83.4 Å². The average Bonchev–Trinajstić information content (AvgIpc) is 2.26. The molecule has 14 heavy (non-hydrogen) atoms. The van der Waals surface area contributed by atoms with E-state index in [-0.39, 0.29) is 5.92 Å². The molecule has 1 unspecified atom stereocenters. The number of amides is 1. The van der Waals surface area contributed by atoms with Crippen molar-refractivity contribution in [3.63, 3.8) is 0 Å². The van der Waals surface area contributed by atoms with E-state index in [0.717, 1.165) is 5.56 Å². The van der Waals surface area contributed by atoms with Gasteiger partial charge in [0.15, 0.2) is 0 Å². The number of ether oxygens (including phenoxy) is 1. The molecule has 0 N–H and O–H groups in total. The summed E-state index contributed by atoms with van der Waals surface area (Å²) in [7, 11) is 1.31. The number of hydrogen-bond acceptors (Lipinski definition) is 2. The van der Waals surface area contributed by atoms with Crippen molar-refractivity contribution in [1.82, 2.24) is 0 Å². The van der Waals surface area contributed by atoms with Crippen LogP contribution in [0.3, 0.4) is 0 Å². The normalized spacial score (nSPS) is 12.7. The van der Waals surface area contributed by atoms with E-state index in [2.05, 4.69) is 9.73 Å². The molecule has 0 aliphatic heterocycles. The zero-order chi connectivity index (χ0) is 10.4. The summed E-state index contributed by atoms with van der Waals surface area (Å²) in [6, 6.07) is 9.85. The van der Waals surface area contributed by atoms with Crippen molar-refractivity contribution in [1.29, 1.82) is 0 Å². The molecule has 0 spiro atoms. The molecule has 0 bridgehead atoms. The van der Waals surface area contributed by atoms with Crippen LogP contribution in [0.25, 0.3) is 0 Å². The van der Waals surface area contributed by atoms with Gasteiger partial charge in [-0.15, -0.1) is 0 Å². The smallest absolute Gasteiger partial charge is 0.432 e. The van der Waals surface area contributed by atoms with E-state index < -0.39 is 6.09 Å². The topological polar surface area (TPSA) is 38.7 Å². The number of nitrogens with zero attached hydrogens (tertiary/aromatic N) is 1. The van der Waals surface area contributed by atoms with Crippen molar-refractivity contribution in [2.75, 3.05) is 7.11 Å². The third-order valence-corrected chi connectivity index (χ3v) is 1.90. The van der Waals surface area contributed by atoms with Crippen LogP contribution in [0.1, 0.15) is 18.4 Å². The molecule has 1 amide bonds. The molecule has 0 radical (unpaired) electrons. The van der Waals surface area contributed by atoms with Crippen LogP contribution in [0, 0.1) is 0 Å². The molecule has 0 fully saturated rings. The Kier molecular flexibility index (Phi) is 3.85. The third-order valence-electron chi connectivity index (χ3n) is 1.90. The van der Waals surface area contributed by atoms with Crippen LogP contribution in [-0.2, 0) is 4.74 Å². The van der Waals surface area contributed by atoms with Gasteiger partial charge in [-0.1, -0.05) is 37.3 Å². The predicted molar refractivity (Wildman–Crippen MR) is 55.8 cm³/mol. The highest BCUT2D eigenvalue weighted by molar-refractivity contribution is 5.82. The van der Waals surface area contributed by atoms with Crippen molar-refractivity contribution in [2.24, 2.45) is 4.99 Å². The maximum absolute atomic E-state index is 10.7. The van der Waals surface area contributed by atoms with Crippen LogP contribution in [0.15, 0.2) is 35.3 Å². The summed E-state index contributed by atoms with van der Waals surface area (Å²) >= 11 is 0. The number of rotatable bonds is 2. The number of carbonyl (C=O) groups is 1. The molecular weight excluding hydrogens is 178 g/mol. The van der Waals surface area contributed by atoms with Gasteiger partial charge in [-0.3, -0.25) is 0 Å². The lowest BCUT2D eigenvalue weighted by molar-refractivity contribution is 0.182.